The predicted molar refractivity (Wildman–Crippen MR) is 56.4 cm³/mol. The van der Waals surface area contributed by atoms with Crippen molar-refractivity contribution < 1.29 is 14.2 Å². The first-order valence-electron chi connectivity index (χ1n) is 4.18. The highest BCUT2D eigenvalue weighted by atomic mass is 32.1. The van der Waals surface area contributed by atoms with E-state index in [1.165, 1.54) is 19.2 Å². The summed E-state index contributed by atoms with van der Waals surface area (Å²) in [5.74, 6) is -0.0746. The van der Waals surface area contributed by atoms with Crippen LogP contribution in [0, 0.1) is 5.82 Å². The van der Waals surface area contributed by atoms with Gasteiger partial charge in [0.25, 0.3) is 0 Å². The van der Waals surface area contributed by atoms with E-state index in [4.69, 9.17) is 4.74 Å². The van der Waals surface area contributed by atoms with Crippen molar-refractivity contribution in [3.8, 4) is 5.75 Å². The summed E-state index contributed by atoms with van der Waals surface area (Å²) in [5, 5.41) is 9.80. The molecule has 0 amide bonds. The second kappa shape index (κ2) is 4.19. The Morgan fingerprint density at radius 2 is 2.21 bits per heavy atom. The summed E-state index contributed by atoms with van der Waals surface area (Å²) in [5.41, 5.74) is -0.623. The van der Waals surface area contributed by atoms with E-state index < -0.39 is 11.4 Å². The molecule has 4 heteroatoms. The van der Waals surface area contributed by atoms with Crippen LogP contribution in [0.15, 0.2) is 18.2 Å². The Hall–Kier alpha value is -0.740. The molecule has 1 rings (SSSR count). The SMILES string of the molecule is COc1ccc(C(C)(O)CS)cc1F. The maximum Gasteiger partial charge on any atom is 0.165 e. The molecule has 0 aliphatic carbocycles. The Bertz CT molecular complexity index is 326. The highest BCUT2D eigenvalue weighted by molar-refractivity contribution is 7.80. The van der Waals surface area contributed by atoms with E-state index >= 15 is 0 Å². The zero-order valence-corrected chi connectivity index (χ0v) is 9.01. The molecule has 0 spiro atoms. The molecule has 0 radical (unpaired) electrons. The molecule has 0 aliphatic heterocycles. The van der Waals surface area contributed by atoms with Crippen molar-refractivity contribution in [2.45, 2.75) is 12.5 Å². The fourth-order valence-corrected chi connectivity index (χ4v) is 1.28. The van der Waals surface area contributed by atoms with Gasteiger partial charge in [-0.2, -0.15) is 12.6 Å². The molecule has 2 nitrogen and oxygen atoms in total. The van der Waals surface area contributed by atoms with Gasteiger partial charge in [0.15, 0.2) is 11.6 Å². The van der Waals surface area contributed by atoms with Crippen LogP contribution in [-0.4, -0.2) is 18.0 Å². The monoisotopic (exact) mass is 216 g/mol. The van der Waals surface area contributed by atoms with Crippen molar-refractivity contribution in [3.63, 3.8) is 0 Å². The summed E-state index contributed by atoms with van der Waals surface area (Å²) >= 11 is 3.99. The number of methoxy groups -OCH3 is 1. The van der Waals surface area contributed by atoms with Gasteiger partial charge in [0, 0.05) is 5.75 Å². The molecule has 0 aliphatic rings. The van der Waals surface area contributed by atoms with Crippen LogP contribution in [0.2, 0.25) is 0 Å². The van der Waals surface area contributed by atoms with Gasteiger partial charge in [-0.05, 0) is 24.6 Å². The van der Waals surface area contributed by atoms with Crippen molar-refractivity contribution >= 4 is 12.6 Å². The number of thiol groups is 1. The van der Waals surface area contributed by atoms with Crippen molar-refractivity contribution in [1.29, 1.82) is 0 Å². The zero-order valence-electron chi connectivity index (χ0n) is 8.12. The lowest BCUT2D eigenvalue weighted by molar-refractivity contribution is 0.0839. The summed E-state index contributed by atoms with van der Waals surface area (Å²) in [6.45, 7) is 1.58. The van der Waals surface area contributed by atoms with Gasteiger partial charge in [-0.3, -0.25) is 0 Å². The second-order valence-electron chi connectivity index (χ2n) is 3.28. The molecule has 14 heavy (non-hydrogen) atoms. The Kier molecular flexibility index (Phi) is 3.39. The minimum absolute atomic E-state index is 0.170. The van der Waals surface area contributed by atoms with Crippen LogP contribution >= 0.6 is 12.6 Å². The average Bonchev–Trinajstić information content (AvgIpc) is 2.17. The van der Waals surface area contributed by atoms with Gasteiger partial charge in [-0.15, -0.1) is 0 Å². The van der Waals surface area contributed by atoms with Crippen molar-refractivity contribution in [2.75, 3.05) is 12.9 Å². The van der Waals surface area contributed by atoms with Gasteiger partial charge < -0.3 is 9.84 Å². The van der Waals surface area contributed by atoms with Crippen LogP contribution in [0.25, 0.3) is 0 Å². The Morgan fingerprint density at radius 3 is 2.64 bits per heavy atom. The maximum atomic E-state index is 13.3. The predicted octanol–water partition coefficient (Wildman–Crippen LogP) is 1.97. The lowest BCUT2D eigenvalue weighted by Gasteiger charge is -2.21. The largest absolute Gasteiger partial charge is 0.494 e. The number of hydrogen-bond donors (Lipinski definition) is 2. The molecule has 0 fully saturated rings. The molecule has 78 valence electrons. The highest BCUT2D eigenvalue weighted by Gasteiger charge is 2.22. The molecule has 0 saturated heterocycles. The molecule has 1 atom stereocenters. The third-order valence-corrected chi connectivity index (χ3v) is 2.70. The van der Waals surface area contributed by atoms with Gasteiger partial charge in [0.1, 0.15) is 0 Å². The van der Waals surface area contributed by atoms with Gasteiger partial charge in [0.05, 0.1) is 12.7 Å². The molecule has 0 aromatic heterocycles. The van der Waals surface area contributed by atoms with Crippen molar-refractivity contribution in [2.24, 2.45) is 0 Å². The average molecular weight is 216 g/mol. The Labute approximate surface area is 88.1 Å². The minimum Gasteiger partial charge on any atom is -0.494 e. The molecule has 0 heterocycles. The number of aliphatic hydroxyl groups is 1. The van der Waals surface area contributed by atoms with Crippen molar-refractivity contribution in [1.82, 2.24) is 0 Å². The minimum atomic E-state index is -1.11. The van der Waals surface area contributed by atoms with Crippen LogP contribution in [-0.2, 0) is 5.60 Å². The smallest absolute Gasteiger partial charge is 0.165 e. The summed E-state index contributed by atoms with van der Waals surface area (Å²) < 4.78 is 18.0. The van der Waals surface area contributed by atoms with Crippen LogP contribution in [0.3, 0.4) is 0 Å². The Balaban J connectivity index is 3.08. The first-order chi connectivity index (χ1) is 6.51. The number of hydrogen-bond acceptors (Lipinski definition) is 3. The van der Waals surface area contributed by atoms with E-state index in [9.17, 15) is 9.50 Å². The summed E-state index contributed by atoms with van der Waals surface area (Å²) in [6, 6.07) is 4.37. The number of ether oxygens (including phenoxy) is 1. The summed E-state index contributed by atoms with van der Waals surface area (Å²) in [7, 11) is 1.40. The maximum absolute atomic E-state index is 13.3. The normalized spacial score (nSPS) is 14.9. The fraction of sp³-hybridized carbons (Fsp3) is 0.400. The number of benzene rings is 1. The van der Waals surface area contributed by atoms with Gasteiger partial charge in [-0.1, -0.05) is 6.07 Å². The van der Waals surface area contributed by atoms with Crippen LogP contribution < -0.4 is 4.74 Å². The lowest BCUT2D eigenvalue weighted by Crippen LogP contribution is -2.23. The van der Waals surface area contributed by atoms with E-state index in [2.05, 4.69) is 12.6 Å². The molecule has 1 N–H and O–H groups in total. The Morgan fingerprint density at radius 1 is 1.57 bits per heavy atom. The van der Waals surface area contributed by atoms with E-state index in [1.807, 2.05) is 0 Å². The lowest BCUT2D eigenvalue weighted by atomic mass is 9.98. The van der Waals surface area contributed by atoms with Gasteiger partial charge in [-0.25, -0.2) is 4.39 Å². The molecule has 1 aromatic rings. The van der Waals surface area contributed by atoms with Gasteiger partial charge >= 0.3 is 0 Å². The van der Waals surface area contributed by atoms with Crippen LogP contribution in [0.4, 0.5) is 4.39 Å². The van der Waals surface area contributed by atoms with E-state index in [1.54, 1.807) is 13.0 Å². The highest BCUT2D eigenvalue weighted by Crippen LogP contribution is 2.26. The van der Waals surface area contributed by atoms with Gasteiger partial charge in [0.2, 0.25) is 0 Å². The standard InChI is InChI=1S/C10H13FO2S/c1-10(12,6-14)7-3-4-9(13-2)8(11)5-7/h3-5,12,14H,6H2,1-2H3. The summed E-state index contributed by atoms with van der Waals surface area (Å²) in [4.78, 5) is 0. The molecule has 0 bridgehead atoms. The molecule has 1 unspecified atom stereocenters. The summed E-state index contributed by atoms with van der Waals surface area (Å²) in [6.07, 6.45) is 0. The first-order valence-corrected chi connectivity index (χ1v) is 4.82. The molecule has 1 aromatic carbocycles. The topological polar surface area (TPSA) is 29.5 Å². The molecular formula is C10H13FO2S. The van der Waals surface area contributed by atoms with Crippen LogP contribution in [0.5, 0.6) is 5.75 Å². The fourth-order valence-electron chi connectivity index (χ4n) is 1.09. The first kappa shape index (κ1) is 11.3. The number of rotatable bonds is 3. The second-order valence-corrected chi connectivity index (χ2v) is 3.60. The third kappa shape index (κ3) is 2.19. The van der Waals surface area contributed by atoms with Crippen LogP contribution in [0.1, 0.15) is 12.5 Å². The third-order valence-electron chi connectivity index (χ3n) is 2.08. The zero-order chi connectivity index (χ0) is 10.8. The molecule has 0 saturated carbocycles. The van der Waals surface area contributed by atoms with E-state index in [0.717, 1.165) is 0 Å². The quantitative estimate of drug-likeness (QED) is 0.756. The van der Waals surface area contributed by atoms with E-state index in [0.29, 0.717) is 5.56 Å². The van der Waals surface area contributed by atoms with E-state index in [-0.39, 0.29) is 11.5 Å². The molecular weight excluding hydrogens is 203 g/mol. The van der Waals surface area contributed by atoms with Crippen molar-refractivity contribution in [3.05, 3.63) is 29.6 Å². The number of halogens is 1.